The van der Waals surface area contributed by atoms with Crippen molar-refractivity contribution in [2.75, 3.05) is 25.2 Å². The standard InChI is InChI=1S/C20H21N5O2S2/c1-27-7-8-29(26)20-18(21)17-13(12-3-2-4-12)9-14(24-19(17)28-20)15-10-23-16-11-22-5-6-25(15)16/h5-6,9-12H,2-4,7-8,21H2,1H3/t29-/m1/s1. The number of hydrogen-bond donors (Lipinski definition) is 1. The molecule has 1 aliphatic rings. The minimum absolute atomic E-state index is 0.430. The van der Waals surface area contributed by atoms with Gasteiger partial charge in [-0.2, -0.15) is 0 Å². The largest absolute Gasteiger partial charge is 0.611 e. The summed E-state index contributed by atoms with van der Waals surface area (Å²) in [6, 6.07) is 2.14. The summed E-state index contributed by atoms with van der Waals surface area (Å²) in [5, 5.41) is 0.972. The number of anilines is 1. The molecular weight excluding hydrogens is 406 g/mol. The van der Waals surface area contributed by atoms with Crippen molar-refractivity contribution >= 4 is 44.1 Å². The zero-order valence-corrected chi connectivity index (χ0v) is 17.6. The summed E-state index contributed by atoms with van der Waals surface area (Å²) in [5.74, 6) is 0.900. The molecule has 0 amide bonds. The zero-order valence-electron chi connectivity index (χ0n) is 16.0. The summed E-state index contributed by atoms with van der Waals surface area (Å²) in [7, 11) is 1.61. The molecule has 1 fully saturated rings. The molecule has 4 heterocycles. The topological polar surface area (TPSA) is 101 Å². The smallest absolute Gasteiger partial charge is 0.232 e. The lowest BCUT2D eigenvalue weighted by molar-refractivity contribution is 0.217. The van der Waals surface area contributed by atoms with E-state index in [0.717, 1.165) is 40.1 Å². The van der Waals surface area contributed by atoms with Gasteiger partial charge in [-0.05, 0) is 30.4 Å². The van der Waals surface area contributed by atoms with Gasteiger partial charge < -0.3 is 15.0 Å². The maximum absolute atomic E-state index is 12.8. The summed E-state index contributed by atoms with van der Waals surface area (Å²) >= 11 is 0.236. The zero-order chi connectivity index (χ0) is 20.0. The fourth-order valence-corrected chi connectivity index (χ4v) is 6.33. The van der Waals surface area contributed by atoms with Gasteiger partial charge in [-0.1, -0.05) is 17.8 Å². The molecule has 9 heteroatoms. The number of methoxy groups -OCH3 is 1. The third kappa shape index (κ3) is 3.18. The second-order valence-corrected chi connectivity index (χ2v) is 9.96. The number of pyridine rings is 1. The molecule has 7 nitrogen and oxygen atoms in total. The van der Waals surface area contributed by atoms with E-state index in [2.05, 4.69) is 16.0 Å². The Balaban J connectivity index is 1.69. The summed E-state index contributed by atoms with van der Waals surface area (Å²) in [4.78, 5) is 14.3. The number of ether oxygens (including phenoxy) is 1. The van der Waals surface area contributed by atoms with E-state index >= 15 is 0 Å². The number of aromatic nitrogens is 4. The van der Waals surface area contributed by atoms with E-state index in [4.69, 9.17) is 15.5 Å². The molecule has 1 saturated carbocycles. The van der Waals surface area contributed by atoms with Crippen LogP contribution in [0.1, 0.15) is 30.7 Å². The van der Waals surface area contributed by atoms with Crippen LogP contribution in [0, 0.1) is 0 Å². The lowest BCUT2D eigenvalue weighted by atomic mass is 9.79. The van der Waals surface area contributed by atoms with Crippen LogP contribution < -0.4 is 5.73 Å². The van der Waals surface area contributed by atoms with Crippen molar-refractivity contribution in [1.29, 1.82) is 0 Å². The van der Waals surface area contributed by atoms with Gasteiger partial charge >= 0.3 is 0 Å². The van der Waals surface area contributed by atoms with Gasteiger partial charge in [-0.25, -0.2) is 9.97 Å². The van der Waals surface area contributed by atoms with Crippen LogP contribution >= 0.6 is 11.3 Å². The average molecular weight is 428 g/mol. The van der Waals surface area contributed by atoms with Crippen LogP contribution in [0.3, 0.4) is 0 Å². The Bertz CT molecular complexity index is 1180. The molecule has 0 spiro atoms. The van der Waals surface area contributed by atoms with Crippen molar-refractivity contribution in [3.63, 3.8) is 0 Å². The lowest BCUT2D eigenvalue weighted by Gasteiger charge is -2.27. The highest BCUT2D eigenvalue weighted by atomic mass is 32.2. The third-order valence-electron chi connectivity index (χ3n) is 5.50. The quantitative estimate of drug-likeness (QED) is 0.472. The van der Waals surface area contributed by atoms with Crippen molar-refractivity contribution in [3.05, 3.63) is 36.4 Å². The predicted molar refractivity (Wildman–Crippen MR) is 116 cm³/mol. The summed E-state index contributed by atoms with van der Waals surface area (Å²) in [6.07, 6.45) is 10.7. The van der Waals surface area contributed by atoms with Crippen LogP contribution in [0.25, 0.3) is 27.3 Å². The number of nitrogens with two attached hydrogens (primary N) is 1. The van der Waals surface area contributed by atoms with Crippen molar-refractivity contribution in [3.8, 4) is 11.4 Å². The first-order chi connectivity index (χ1) is 14.2. The third-order valence-corrected chi connectivity index (χ3v) is 8.37. The van der Waals surface area contributed by atoms with E-state index in [1.165, 1.54) is 23.3 Å². The molecule has 0 aromatic carbocycles. The van der Waals surface area contributed by atoms with E-state index < -0.39 is 11.2 Å². The van der Waals surface area contributed by atoms with Crippen LogP contribution in [0.2, 0.25) is 0 Å². The summed E-state index contributed by atoms with van der Waals surface area (Å²) in [6.45, 7) is 0.435. The highest BCUT2D eigenvalue weighted by molar-refractivity contribution is 7.93. The van der Waals surface area contributed by atoms with Gasteiger partial charge in [0.2, 0.25) is 4.21 Å². The SMILES string of the molecule is COCC[S@@+]([O-])c1sc2nc(-c3cnc4cnccn34)cc(C3CCC3)c2c1N. The van der Waals surface area contributed by atoms with E-state index in [1.807, 2.05) is 16.8 Å². The van der Waals surface area contributed by atoms with Gasteiger partial charge in [0.05, 0.1) is 30.4 Å². The van der Waals surface area contributed by atoms with E-state index in [1.54, 1.807) is 19.5 Å². The number of imidazole rings is 1. The van der Waals surface area contributed by atoms with Gasteiger partial charge in [0.1, 0.15) is 16.3 Å². The average Bonchev–Trinajstić information content (AvgIpc) is 3.26. The number of thiophene rings is 1. The Morgan fingerprint density at radius 3 is 3.00 bits per heavy atom. The maximum Gasteiger partial charge on any atom is 0.232 e. The Labute approximate surface area is 175 Å². The molecule has 0 bridgehead atoms. The van der Waals surface area contributed by atoms with E-state index in [9.17, 15) is 4.55 Å². The molecule has 2 N–H and O–H groups in total. The Morgan fingerprint density at radius 2 is 2.24 bits per heavy atom. The summed E-state index contributed by atoms with van der Waals surface area (Å²) in [5.41, 5.74) is 10.9. The number of fused-ring (bicyclic) bond motifs is 2. The number of rotatable bonds is 6. The van der Waals surface area contributed by atoms with Gasteiger partial charge in [0.15, 0.2) is 5.65 Å². The highest BCUT2D eigenvalue weighted by Gasteiger charge is 2.29. The Hall–Kier alpha value is -2.20. The Morgan fingerprint density at radius 1 is 1.38 bits per heavy atom. The fraction of sp³-hybridized carbons (Fsp3) is 0.350. The first-order valence-electron chi connectivity index (χ1n) is 9.55. The lowest BCUT2D eigenvalue weighted by Crippen LogP contribution is -2.12. The maximum atomic E-state index is 12.8. The molecule has 0 unspecified atom stereocenters. The van der Waals surface area contributed by atoms with Crippen molar-refractivity contribution in [1.82, 2.24) is 19.4 Å². The predicted octanol–water partition coefficient (Wildman–Crippen LogP) is 3.61. The van der Waals surface area contributed by atoms with Crippen molar-refractivity contribution < 1.29 is 9.29 Å². The molecule has 1 aliphatic carbocycles. The molecule has 1 atom stereocenters. The van der Waals surface area contributed by atoms with E-state index in [-0.39, 0.29) is 0 Å². The fourth-order valence-electron chi connectivity index (χ4n) is 3.75. The molecule has 0 radical (unpaired) electrons. The first-order valence-corrected chi connectivity index (χ1v) is 11.7. The minimum atomic E-state index is -1.20. The number of nitrogens with zero attached hydrogens (tertiary/aromatic N) is 4. The second-order valence-electron chi connectivity index (χ2n) is 7.20. The highest BCUT2D eigenvalue weighted by Crippen LogP contribution is 2.46. The van der Waals surface area contributed by atoms with Crippen LogP contribution in [0.15, 0.2) is 35.1 Å². The van der Waals surface area contributed by atoms with Crippen LogP contribution in [-0.4, -0.2) is 43.4 Å². The monoisotopic (exact) mass is 427 g/mol. The number of nitrogen functional groups attached to an aromatic ring is 1. The normalized spacial score (nSPS) is 15.8. The van der Waals surface area contributed by atoms with Gasteiger partial charge in [-0.3, -0.25) is 9.38 Å². The molecular formula is C20H21N5O2S2. The second kappa shape index (κ2) is 7.56. The van der Waals surface area contributed by atoms with Gasteiger partial charge in [0, 0.05) is 36.1 Å². The minimum Gasteiger partial charge on any atom is -0.611 e. The van der Waals surface area contributed by atoms with Crippen LogP contribution in [0.4, 0.5) is 5.69 Å². The summed E-state index contributed by atoms with van der Waals surface area (Å²) < 4.78 is 20.5. The Kier molecular flexibility index (Phi) is 4.91. The van der Waals surface area contributed by atoms with Gasteiger partial charge in [-0.15, -0.1) is 0 Å². The molecule has 150 valence electrons. The van der Waals surface area contributed by atoms with Crippen molar-refractivity contribution in [2.24, 2.45) is 0 Å². The first kappa shape index (κ1) is 18.8. The van der Waals surface area contributed by atoms with Crippen LogP contribution in [-0.2, 0) is 15.9 Å². The molecule has 29 heavy (non-hydrogen) atoms. The van der Waals surface area contributed by atoms with Gasteiger partial charge in [0.25, 0.3) is 0 Å². The molecule has 5 rings (SSSR count). The van der Waals surface area contributed by atoms with Crippen molar-refractivity contribution in [2.45, 2.75) is 29.4 Å². The molecule has 4 aromatic rings. The number of hydrogen-bond acceptors (Lipinski definition) is 7. The van der Waals surface area contributed by atoms with E-state index in [0.29, 0.717) is 28.2 Å². The molecule has 0 saturated heterocycles. The molecule has 0 aliphatic heterocycles. The van der Waals surface area contributed by atoms with Crippen LogP contribution in [0.5, 0.6) is 0 Å². The molecule has 4 aromatic heterocycles.